The molecule has 0 bridgehead atoms. The van der Waals surface area contributed by atoms with Gasteiger partial charge in [0.15, 0.2) is 0 Å². The van der Waals surface area contributed by atoms with Gasteiger partial charge >= 0.3 is 0 Å². The molecule has 1 N–H and O–H groups in total. The third-order valence-electron chi connectivity index (χ3n) is 3.09. The van der Waals surface area contributed by atoms with Crippen LogP contribution in [0.3, 0.4) is 0 Å². The van der Waals surface area contributed by atoms with Crippen LogP contribution in [0.15, 0.2) is 30.9 Å². The van der Waals surface area contributed by atoms with Crippen LogP contribution in [0.25, 0.3) is 0 Å². The van der Waals surface area contributed by atoms with E-state index in [2.05, 4.69) is 37.0 Å². The summed E-state index contributed by atoms with van der Waals surface area (Å²) in [5.41, 5.74) is 2.43. The van der Waals surface area contributed by atoms with Gasteiger partial charge in [0, 0.05) is 18.2 Å². The summed E-state index contributed by atoms with van der Waals surface area (Å²) in [5, 5.41) is 3.53. The van der Waals surface area contributed by atoms with E-state index in [-0.39, 0.29) is 6.10 Å². The van der Waals surface area contributed by atoms with Gasteiger partial charge in [-0.15, -0.1) is 0 Å². The first-order chi connectivity index (χ1) is 8.20. The van der Waals surface area contributed by atoms with Crippen molar-refractivity contribution in [1.29, 1.82) is 0 Å². The Labute approximate surface area is 104 Å². The SMILES string of the molecule is C=CC(C)Oc1c(C)cccc1CNC1CC1. The van der Waals surface area contributed by atoms with Crippen molar-refractivity contribution < 1.29 is 4.74 Å². The average molecular weight is 231 g/mol. The predicted molar refractivity (Wildman–Crippen MR) is 71.3 cm³/mol. The number of benzene rings is 1. The van der Waals surface area contributed by atoms with Gasteiger partial charge in [-0.05, 0) is 32.3 Å². The average Bonchev–Trinajstić information content (AvgIpc) is 3.13. The van der Waals surface area contributed by atoms with E-state index in [1.54, 1.807) is 0 Å². The second-order valence-corrected chi connectivity index (χ2v) is 4.78. The van der Waals surface area contributed by atoms with E-state index in [1.165, 1.54) is 24.0 Å². The minimum atomic E-state index is 0.0516. The maximum atomic E-state index is 5.92. The maximum absolute atomic E-state index is 5.92. The summed E-state index contributed by atoms with van der Waals surface area (Å²) in [6, 6.07) is 7.03. The maximum Gasteiger partial charge on any atom is 0.127 e. The molecule has 0 heterocycles. The summed E-state index contributed by atoms with van der Waals surface area (Å²) >= 11 is 0. The van der Waals surface area contributed by atoms with Crippen molar-refractivity contribution in [3.63, 3.8) is 0 Å². The second-order valence-electron chi connectivity index (χ2n) is 4.78. The number of aryl methyl sites for hydroxylation is 1. The Hall–Kier alpha value is -1.28. The van der Waals surface area contributed by atoms with Crippen molar-refractivity contribution in [1.82, 2.24) is 5.32 Å². The second kappa shape index (κ2) is 5.37. The monoisotopic (exact) mass is 231 g/mol. The minimum Gasteiger partial charge on any atom is -0.486 e. The summed E-state index contributed by atoms with van der Waals surface area (Å²) in [7, 11) is 0. The van der Waals surface area contributed by atoms with E-state index in [0.29, 0.717) is 0 Å². The molecule has 1 aromatic carbocycles. The Kier molecular flexibility index (Phi) is 3.85. The van der Waals surface area contributed by atoms with E-state index in [4.69, 9.17) is 4.74 Å². The first kappa shape index (κ1) is 12.2. The molecule has 0 radical (unpaired) electrons. The molecule has 1 unspecified atom stereocenters. The minimum absolute atomic E-state index is 0.0516. The molecule has 1 atom stereocenters. The van der Waals surface area contributed by atoms with Gasteiger partial charge in [-0.25, -0.2) is 0 Å². The largest absolute Gasteiger partial charge is 0.486 e. The van der Waals surface area contributed by atoms with Crippen molar-refractivity contribution in [2.75, 3.05) is 0 Å². The fourth-order valence-corrected chi connectivity index (χ4v) is 1.80. The molecule has 0 spiro atoms. The fourth-order valence-electron chi connectivity index (χ4n) is 1.80. The highest BCUT2D eigenvalue weighted by Gasteiger charge is 2.21. The number of rotatable bonds is 6. The molecule has 0 saturated heterocycles. The number of ether oxygens (including phenoxy) is 1. The Morgan fingerprint density at radius 3 is 2.94 bits per heavy atom. The van der Waals surface area contributed by atoms with E-state index in [9.17, 15) is 0 Å². The van der Waals surface area contributed by atoms with Gasteiger partial charge in [-0.2, -0.15) is 0 Å². The van der Waals surface area contributed by atoms with Gasteiger partial charge in [0.2, 0.25) is 0 Å². The smallest absolute Gasteiger partial charge is 0.127 e. The Morgan fingerprint density at radius 2 is 2.29 bits per heavy atom. The van der Waals surface area contributed by atoms with Crippen LogP contribution in [0.5, 0.6) is 5.75 Å². The quantitative estimate of drug-likeness (QED) is 0.759. The van der Waals surface area contributed by atoms with Gasteiger partial charge < -0.3 is 10.1 Å². The Morgan fingerprint density at radius 1 is 1.53 bits per heavy atom. The van der Waals surface area contributed by atoms with E-state index < -0.39 is 0 Å². The first-order valence-corrected chi connectivity index (χ1v) is 6.32. The molecule has 2 rings (SSSR count). The highest BCUT2D eigenvalue weighted by atomic mass is 16.5. The van der Waals surface area contributed by atoms with Crippen molar-refractivity contribution >= 4 is 0 Å². The highest BCUT2D eigenvalue weighted by Crippen LogP contribution is 2.26. The fraction of sp³-hybridized carbons (Fsp3) is 0.467. The van der Waals surface area contributed by atoms with Crippen LogP contribution < -0.4 is 10.1 Å². The molecule has 2 nitrogen and oxygen atoms in total. The zero-order valence-corrected chi connectivity index (χ0v) is 10.7. The number of hydrogen-bond acceptors (Lipinski definition) is 2. The molecule has 0 aromatic heterocycles. The van der Waals surface area contributed by atoms with E-state index in [0.717, 1.165) is 18.3 Å². The molecule has 0 aliphatic heterocycles. The lowest BCUT2D eigenvalue weighted by atomic mass is 10.1. The number of para-hydroxylation sites is 1. The van der Waals surface area contributed by atoms with E-state index in [1.807, 2.05) is 13.0 Å². The summed E-state index contributed by atoms with van der Waals surface area (Å²) in [6.45, 7) is 8.75. The number of nitrogens with one attached hydrogen (secondary N) is 1. The molecule has 92 valence electrons. The van der Waals surface area contributed by atoms with Gasteiger partial charge in [-0.1, -0.05) is 30.9 Å². The molecular formula is C15H21NO. The summed E-state index contributed by atoms with van der Waals surface area (Å²) < 4.78 is 5.92. The van der Waals surface area contributed by atoms with Gasteiger partial charge in [0.1, 0.15) is 11.9 Å². The first-order valence-electron chi connectivity index (χ1n) is 6.32. The van der Waals surface area contributed by atoms with Crippen molar-refractivity contribution in [2.24, 2.45) is 0 Å². The number of hydrogen-bond donors (Lipinski definition) is 1. The predicted octanol–water partition coefficient (Wildman–Crippen LogP) is 3.20. The van der Waals surface area contributed by atoms with Gasteiger partial charge in [0.25, 0.3) is 0 Å². The van der Waals surface area contributed by atoms with Crippen LogP contribution in [-0.4, -0.2) is 12.1 Å². The molecule has 1 saturated carbocycles. The zero-order valence-electron chi connectivity index (χ0n) is 10.7. The lowest BCUT2D eigenvalue weighted by molar-refractivity contribution is 0.265. The lowest BCUT2D eigenvalue weighted by Crippen LogP contribution is -2.17. The van der Waals surface area contributed by atoms with Crippen LogP contribution in [0.1, 0.15) is 30.9 Å². The molecule has 1 aromatic rings. The lowest BCUT2D eigenvalue weighted by Gasteiger charge is -2.17. The molecule has 1 fully saturated rings. The topological polar surface area (TPSA) is 21.3 Å². The van der Waals surface area contributed by atoms with Crippen LogP contribution >= 0.6 is 0 Å². The molecule has 2 heteroatoms. The normalized spacial score (nSPS) is 16.6. The summed E-state index contributed by atoms with van der Waals surface area (Å²) in [6.07, 6.45) is 4.50. The van der Waals surface area contributed by atoms with Crippen molar-refractivity contribution in [2.45, 2.75) is 45.4 Å². The van der Waals surface area contributed by atoms with Crippen LogP contribution in [0.2, 0.25) is 0 Å². The highest BCUT2D eigenvalue weighted by molar-refractivity contribution is 5.41. The van der Waals surface area contributed by atoms with Crippen LogP contribution in [-0.2, 0) is 6.54 Å². The Bertz CT molecular complexity index is 396. The van der Waals surface area contributed by atoms with Crippen LogP contribution in [0.4, 0.5) is 0 Å². The summed E-state index contributed by atoms with van der Waals surface area (Å²) in [4.78, 5) is 0. The van der Waals surface area contributed by atoms with Crippen LogP contribution in [0, 0.1) is 6.92 Å². The van der Waals surface area contributed by atoms with Gasteiger partial charge in [0.05, 0.1) is 0 Å². The molecule has 1 aliphatic rings. The van der Waals surface area contributed by atoms with E-state index >= 15 is 0 Å². The molecular weight excluding hydrogens is 210 g/mol. The van der Waals surface area contributed by atoms with Gasteiger partial charge in [-0.3, -0.25) is 0 Å². The Balaban J connectivity index is 2.10. The summed E-state index contributed by atoms with van der Waals surface area (Å²) in [5.74, 6) is 1.01. The third kappa shape index (κ3) is 3.34. The van der Waals surface area contributed by atoms with Crippen molar-refractivity contribution in [3.05, 3.63) is 42.0 Å². The molecule has 1 aliphatic carbocycles. The zero-order chi connectivity index (χ0) is 12.3. The molecule has 0 amide bonds. The molecule has 17 heavy (non-hydrogen) atoms. The third-order valence-corrected chi connectivity index (χ3v) is 3.09. The standard InChI is InChI=1S/C15H21NO/c1-4-12(3)17-15-11(2)6-5-7-13(15)10-16-14-8-9-14/h4-7,12,14,16H,1,8-10H2,2-3H3. The van der Waals surface area contributed by atoms with Crippen molar-refractivity contribution in [3.8, 4) is 5.75 Å².